The number of benzene rings is 1. The Labute approximate surface area is 153 Å². The van der Waals surface area contributed by atoms with E-state index in [2.05, 4.69) is 0 Å². The summed E-state index contributed by atoms with van der Waals surface area (Å²) in [5.74, 6) is -4.96. The maximum Gasteiger partial charge on any atom is 0.310 e. The van der Waals surface area contributed by atoms with Crippen LogP contribution in [-0.2, 0) is 19.1 Å². The minimum atomic E-state index is -1.02. The largest absolute Gasteiger partial charge is 0.481 e. The van der Waals surface area contributed by atoms with Crippen LogP contribution in [0, 0.1) is 17.8 Å². The molecule has 1 fully saturated rings. The highest BCUT2D eigenvalue weighted by molar-refractivity contribution is 5.82. The summed E-state index contributed by atoms with van der Waals surface area (Å²) in [6, 6.07) is 8.81. The number of hydrogen-bond donors (Lipinski definition) is 2. The van der Waals surface area contributed by atoms with Crippen LogP contribution in [0.25, 0.3) is 0 Å². The monoisotopic (exact) mass is 362 g/mol. The molecule has 0 bridgehead atoms. The van der Waals surface area contributed by atoms with Crippen molar-refractivity contribution in [2.45, 2.75) is 51.6 Å². The van der Waals surface area contributed by atoms with E-state index in [0.717, 1.165) is 12.8 Å². The molecule has 0 aliphatic heterocycles. The summed E-state index contributed by atoms with van der Waals surface area (Å²) in [4.78, 5) is 36.0. The van der Waals surface area contributed by atoms with Crippen molar-refractivity contribution in [3.63, 3.8) is 0 Å². The Kier molecular flexibility index (Phi) is 7.18. The van der Waals surface area contributed by atoms with Gasteiger partial charge in [0.1, 0.15) is 6.10 Å². The molecule has 0 amide bonds. The van der Waals surface area contributed by atoms with Gasteiger partial charge in [0, 0.05) is 0 Å². The minimum Gasteiger partial charge on any atom is -0.481 e. The molecule has 1 aromatic rings. The van der Waals surface area contributed by atoms with Gasteiger partial charge in [-0.1, -0.05) is 56.5 Å². The van der Waals surface area contributed by atoms with E-state index in [1.807, 2.05) is 6.92 Å². The van der Waals surface area contributed by atoms with E-state index >= 15 is 0 Å². The van der Waals surface area contributed by atoms with E-state index in [4.69, 9.17) is 4.74 Å². The van der Waals surface area contributed by atoms with Gasteiger partial charge in [0.15, 0.2) is 0 Å². The van der Waals surface area contributed by atoms with Crippen LogP contribution in [0.2, 0.25) is 0 Å². The molecule has 0 aromatic heterocycles. The normalized spacial score (nSPS) is 22.2. The third-order valence-corrected chi connectivity index (χ3v) is 5.04. The van der Waals surface area contributed by atoms with Crippen LogP contribution in [0.5, 0.6) is 0 Å². The van der Waals surface area contributed by atoms with Gasteiger partial charge in [-0.3, -0.25) is 14.4 Å². The quantitative estimate of drug-likeness (QED) is 0.684. The number of rotatable bonds is 8. The molecule has 2 N–H and O–H groups in total. The second kappa shape index (κ2) is 9.36. The molecule has 26 heavy (non-hydrogen) atoms. The highest BCUT2D eigenvalue weighted by Gasteiger charge is 2.40. The summed E-state index contributed by atoms with van der Waals surface area (Å²) < 4.78 is 5.65. The molecule has 6 heteroatoms. The SMILES string of the molecule is CCCC(C(=O)O)C(OC(=O)C1CCCCC1C(=O)O)c1ccccc1. The lowest BCUT2D eigenvalue weighted by molar-refractivity contribution is -0.170. The zero-order valence-electron chi connectivity index (χ0n) is 15.0. The molecule has 1 aliphatic carbocycles. The van der Waals surface area contributed by atoms with Crippen LogP contribution < -0.4 is 0 Å². The molecule has 142 valence electrons. The molecule has 1 aliphatic rings. The van der Waals surface area contributed by atoms with E-state index in [0.29, 0.717) is 31.2 Å². The number of hydrogen-bond acceptors (Lipinski definition) is 4. The molecular weight excluding hydrogens is 336 g/mol. The number of carboxylic acids is 2. The third kappa shape index (κ3) is 4.84. The predicted octanol–water partition coefficient (Wildman–Crippen LogP) is 3.66. The van der Waals surface area contributed by atoms with Crippen LogP contribution in [0.4, 0.5) is 0 Å². The summed E-state index contributed by atoms with van der Waals surface area (Å²) in [6.45, 7) is 1.88. The second-order valence-corrected chi connectivity index (χ2v) is 6.84. The molecule has 2 rings (SSSR count). The fraction of sp³-hybridized carbons (Fsp3) is 0.550. The lowest BCUT2D eigenvalue weighted by Crippen LogP contribution is -2.36. The fourth-order valence-electron chi connectivity index (χ4n) is 3.66. The topological polar surface area (TPSA) is 101 Å². The van der Waals surface area contributed by atoms with Crippen molar-refractivity contribution >= 4 is 17.9 Å². The van der Waals surface area contributed by atoms with E-state index in [1.165, 1.54) is 0 Å². The zero-order chi connectivity index (χ0) is 19.1. The van der Waals surface area contributed by atoms with Crippen molar-refractivity contribution in [1.29, 1.82) is 0 Å². The Morgan fingerprint density at radius 2 is 1.69 bits per heavy atom. The first-order chi connectivity index (χ1) is 12.5. The standard InChI is InChI=1S/C20H26O6/c1-2-8-16(19(23)24)17(13-9-4-3-5-10-13)26-20(25)15-12-7-6-11-14(15)18(21)22/h3-5,9-10,14-17H,2,6-8,11-12H2,1H3,(H,21,22)(H,23,24). The molecule has 0 saturated heterocycles. The van der Waals surface area contributed by atoms with Crippen molar-refractivity contribution < 1.29 is 29.3 Å². The van der Waals surface area contributed by atoms with Crippen molar-refractivity contribution in [2.75, 3.05) is 0 Å². The van der Waals surface area contributed by atoms with Crippen molar-refractivity contribution in [1.82, 2.24) is 0 Å². The van der Waals surface area contributed by atoms with Crippen molar-refractivity contribution in [3.05, 3.63) is 35.9 Å². The summed E-state index contributed by atoms with van der Waals surface area (Å²) >= 11 is 0. The molecule has 1 aromatic carbocycles. The number of carbonyl (C=O) groups excluding carboxylic acids is 1. The molecule has 1 saturated carbocycles. The van der Waals surface area contributed by atoms with Crippen LogP contribution in [0.3, 0.4) is 0 Å². The Morgan fingerprint density at radius 3 is 2.23 bits per heavy atom. The maximum absolute atomic E-state index is 12.7. The minimum absolute atomic E-state index is 0.370. The first-order valence-corrected chi connectivity index (χ1v) is 9.16. The molecular formula is C20H26O6. The van der Waals surface area contributed by atoms with Crippen LogP contribution in [-0.4, -0.2) is 28.1 Å². The van der Waals surface area contributed by atoms with E-state index < -0.39 is 41.8 Å². The molecule has 0 radical (unpaired) electrons. The van der Waals surface area contributed by atoms with E-state index in [1.54, 1.807) is 30.3 Å². The lowest BCUT2D eigenvalue weighted by atomic mass is 9.79. The average Bonchev–Trinajstić information content (AvgIpc) is 2.64. The molecule has 4 atom stereocenters. The second-order valence-electron chi connectivity index (χ2n) is 6.84. The van der Waals surface area contributed by atoms with Gasteiger partial charge in [-0.15, -0.1) is 0 Å². The molecule has 0 spiro atoms. The van der Waals surface area contributed by atoms with Crippen molar-refractivity contribution in [3.8, 4) is 0 Å². The molecule has 6 nitrogen and oxygen atoms in total. The van der Waals surface area contributed by atoms with Gasteiger partial charge < -0.3 is 14.9 Å². The first kappa shape index (κ1) is 19.9. The van der Waals surface area contributed by atoms with Gasteiger partial charge >= 0.3 is 17.9 Å². The Balaban J connectivity index is 2.26. The lowest BCUT2D eigenvalue weighted by Gasteiger charge is -2.30. The predicted molar refractivity (Wildman–Crippen MR) is 94.4 cm³/mol. The van der Waals surface area contributed by atoms with Crippen LogP contribution in [0.15, 0.2) is 30.3 Å². The molecule has 4 unspecified atom stereocenters. The number of aliphatic carboxylic acids is 2. The van der Waals surface area contributed by atoms with Gasteiger partial charge in [0.2, 0.25) is 0 Å². The van der Waals surface area contributed by atoms with Crippen molar-refractivity contribution in [2.24, 2.45) is 17.8 Å². The van der Waals surface area contributed by atoms with Gasteiger partial charge in [-0.25, -0.2) is 0 Å². The van der Waals surface area contributed by atoms with Crippen LogP contribution in [0.1, 0.15) is 57.1 Å². The first-order valence-electron chi connectivity index (χ1n) is 9.16. The summed E-state index contributed by atoms with van der Waals surface area (Å²) in [5, 5.41) is 19.0. The number of carbonyl (C=O) groups is 3. The number of ether oxygens (including phenoxy) is 1. The van der Waals surface area contributed by atoms with Crippen LogP contribution >= 0.6 is 0 Å². The summed E-state index contributed by atoms with van der Waals surface area (Å²) in [7, 11) is 0. The van der Waals surface area contributed by atoms with E-state index in [-0.39, 0.29) is 0 Å². The zero-order valence-corrected chi connectivity index (χ0v) is 15.0. The summed E-state index contributed by atoms with van der Waals surface area (Å²) in [6.07, 6.45) is 2.55. The Hall–Kier alpha value is -2.37. The highest BCUT2D eigenvalue weighted by Crippen LogP contribution is 2.35. The summed E-state index contributed by atoms with van der Waals surface area (Å²) in [5.41, 5.74) is 0.615. The Morgan fingerprint density at radius 1 is 1.08 bits per heavy atom. The maximum atomic E-state index is 12.7. The fourth-order valence-corrected chi connectivity index (χ4v) is 3.66. The molecule has 0 heterocycles. The number of carboxylic acid groups (broad SMARTS) is 2. The third-order valence-electron chi connectivity index (χ3n) is 5.04. The van der Waals surface area contributed by atoms with Gasteiger partial charge in [0.05, 0.1) is 17.8 Å². The highest BCUT2D eigenvalue weighted by atomic mass is 16.5. The van der Waals surface area contributed by atoms with Gasteiger partial charge in [-0.2, -0.15) is 0 Å². The van der Waals surface area contributed by atoms with Gasteiger partial charge in [0.25, 0.3) is 0 Å². The smallest absolute Gasteiger partial charge is 0.310 e. The Bertz CT molecular complexity index is 626. The number of esters is 1. The average molecular weight is 362 g/mol. The van der Waals surface area contributed by atoms with E-state index in [9.17, 15) is 24.6 Å². The van der Waals surface area contributed by atoms with Gasteiger partial charge in [-0.05, 0) is 24.8 Å².